The fourth-order valence-corrected chi connectivity index (χ4v) is 1.47. The van der Waals surface area contributed by atoms with Crippen molar-refractivity contribution >= 4 is 11.7 Å². The van der Waals surface area contributed by atoms with Gasteiger partial charge in [-0.1, -0.05) is 0 Å². The standard InChI is InChI=1S/C11H15NO4/c1-7-4-8(12-14)5-10(15-2)9(7)6-11(13)16-3/h4-5,12,14H,6H2,1-3H3. The quantitative estimate of drug-likeness (QED) is 0.600. The van der Waals surface area contributed by atoms with Gasteiger partial charge in [0.15, 0.2) is 0 Å². The summed E-state index contributed by atoms with van der Waals surface area (Å²) in [5.41, 5.74) is 4.16. The molecule has 0 aliphatic heterocycles. The summed E-state index contributed by atoms with van der Waals surface area (Å²) in [6, 6.07) is 3.34. The van der Waals surface area contributed by atoms with Crippen LogP contribution in [0.25, 0.3) is 0 Å². The number of ether oxygens (including phenoxy) is 2. The third-order valence-electron chi connectivity index (χ3n) is 2.33. The minimum absolute atomic E-state index is 0.150. The molecule has 16 heavy (non-hydrogen) atoms. The van der Waals surface area contributed by atoms with E-state index in [0.717, 1.165) is 11.1 Å². The Morgan fingerprint density at radius 2 is 2.12 bits per heavy atom. The highest BCUT2D eigenvalue weighted by Gasteiger charge is 2.13. The van der Waals surface area contributed by atoms with Gasteiger partial charge in [0.1, 0.15) is 5.75 Å². The molecule has 5 heteroatoms. The SMILES string of the molecule is COC(=O)Cc1c(C)cc(NO)cc1OC. The Labute approximate surface area is 93.9 Å². The molecule has 0 heterocycles. The first-order chi connectivity index (χ1) is 7.62. The maximum atomic E-state index is 11.2. The number of carbonyl (C=O) groups is 1. The highest BCUT2D eigenvalue weighted by molar-refractivity contribution is 5.74. The monoisotopic (exact) mass is 225 g/mol. The second-order valence-corrected chi connectivity index (χ2v) is 3.34. The molecule has 0 bridgehead atoms. The van der Waals surface area contributed by atoms with Gasteiger partial charge in [-0.05, 0) is 18.6 Å². The van der Waals surface area contributed by atoms with E-state index in [1.165, 1.54) is 14.2 Å². The lowest BCUT2D eigenvalue weighted by atomic mass is 10.0. The van der Waals surface area contributed by atoms with Crippen molar-refractivity contribution in [3.63, 3.8) is 0 Å². The molecular weight excluding hydrogens is 210 g/mol. The number of anilines is 1. The highest BCUT2D eigenvalue weighted by atomic mass is 16.5. The molecule has 2 N–H and O–H groups in total. The van der Waals surface area contributed by atoms with E-state index < -0.39 is 0 Å². The fraction of sp³-hybridized carbons (Fsp3) is 0.364. The van der Waals surface area contributed by atoms with E-state index in [1.807, 2.05) is 12.4 Å². The van der Waals surface area contributed by atoms with E-state index in [2.05, 4.69) is 4.74 Å². The maximum Gasteiger partial charge on any atom is 0.310 e. The van der Waals surface area contributed by atoms with Gasteiger partial charge in [0.25, 0.3) is 0 Å². The molecule has 1 aromatic carbocycles. The van der Waals surface area contributed by atoms with Crippen molar-refractivity contribution in [2.24, 2.45) is 0 Å². The molecule has 0 unspecified atom stereocenters. The zero-order valence-corrected chi connectivity index (χ0v) is 9.53. The van der Waals surface area contributed by atoms with Gasteiger partial charge in [0.05, 0.1) is 26.3 Å². The smallest absolute Gasteiger partial charge is 0.310 e. The Balaban J connectivity index is 3.11. The number of hydrogen-bond donors (Lipinski definition) is 2. The summed E-state index contributed by atoms with van der Waals surface area (Å²) >= 11 is 0. The van der Waals surface area contributed by atoms with E-state index in [9.17, 15) is 4.79 Å². The Hall–Kier alpha value is -1.75. The molecule has 88 valence electrons. The van der Waals surface area contributed by atoms with Crippen LogP contribution in [0.5, 0.6) is 5.75 Å². The normalized spacial score (nSPS) is 9.75. The topological polar surface area (TPSA) is 67.8 Å². The molecule has 0 amide bonds. The van der Waals surface area contributed by atoms with E-state index in [1.54, 1.807) is 12.1 Å². The Morgan fingerprint density at radius 3 is 2.62 bits per heavy atom. The van der Waals surface area contributed by atoms with Gasteiger partial charge in [-0.15, -0.1) is 0 Å². The van der Waals surface area contributed by atoms with Crippen molar-refractivity contribution in [1.29, 1.82) is 0 Å². The van der Waals surface area contributed by atoms with Crippen molar-refractivity contribution in [3.8, 4) is 5.75 Å². The molecule has 0 saturated heterocycles. The van der Waals surface area contributed by atoms with Crippen LogP contribution in [0.2, 0.25) is 0 Å². The van der Waals surface area contributed by atoms with Crippen molar-refractivity contribution in [2.45, 2.75) is 13.3 Å². The van der Waals surface area contributed by atoms with Crippen molar-refractivity contribution < 1.29 is 19.5 Å². The second kappa shape index (κ2) is 5.37. The third kappa shape index (κ3) is 2.64. The lowest BCUT2D eigenvalue weighted by Crippen LogP contribution is -2.08. The third-order valence-corrected chi connectivity index (χ3v) is 2.33. The molecule has 0 saturated carbocycles. The van der Waals surface area contributed by atoms with E-state index >= 15 is 0 Å². The zero-order valence-electron chi connectivity index (χ0n) is 9.53. The van der Waals surface area contributed by atoms with Crippen LogP contribution in [0, 0.1) is 6.92 Å². The van der Waals surface area contributed by atoms with Crippen LogP contribution in [-0.2, 0) is 16.0 Å². The first kappa shape index (κ1) is 12.3. The number of benzene rings is 1. The number of hydrogen-bond acceptors (Lipinski definition) is 5. The summed E-state index contributed by atoms with van der Waals surface area (Å²) in [5, 5.41) is 8.80. The number of nitrogens with one attached hydrogen (secondary N) is 1. The zero-order chi connectivity index (χ0) is 12.1. The first-order valence-corrected chi connectivity index (χ1v) is 4.76. The molecule has 0 aliphatic rings. The Morgan fingerprint density at radius 1 is 1.44 bits per heavy atom. The van der Waals surface area contributed by atoms with E-state index in [0.29, 0.717) is 11.4 Å². The van der Waals surface area contributed by atoms with Gasteiger partial charge in [-0.3, -0.25) is 15.5 Å². The highest BCUT2D eigenvalue weighted by Crippen LogP contribution is 2.27. The fourth-order valence-electron chi connectivity index (χ4n) is 1.47. The van der Waals surface area contributed by atoms with Crippen LogP contribution in [0.4, 0.5) is 5.69 Å². The number of carbonyl (C=O) groups excluding carboxylic acids is 1. The van der Waals surface area contributed by atoms with Crippen LogP contribution < -0.4 is 10.2 Å². The minimum Gasteiger partial charge on any atom is -0.496 e. The maximum absolute atomic E-state index is 11.2. The molecule has 0 atom stereocenters. The van der Waals surface area contributed by atoms with Crippen molar-refractivity contribution in [3.05, 3.63) is 23.3 Å². The van der Waals surface area contributed by atoms with Crippen LogP contribution in [0.15, 0.2) is 12.1 Å². The predicted octanol–water partition coefficient (Wildman–Crippen LogP) is 1.52. The molecule has 1 rings (SSSR count). The van der Waals surface area contributed by atoms with Crippen molar-refractivity contribution in [1.82, 2.24) is 0 Å². The van der Waals surface area contributed by atoms with Crippen LogP contribution in [0.1, 0.15) is 11.1 Å². The average molecular weight is 225 g/mol. The van der Waals surface area contributed by atoms with E-state index in [4.69, 9.17) is 9.94 Å². The second-order valence-electron chi connectivity index (χ2n) is 3.34. The summed E-state index contributed by atoms with van der Waals surface area (Å²) in [5.74, 6) is 0.216. The molecule has 0 radical (unpaired) electrons. The predicted molar refractivity (Wildman–Crippen MR) is 58.9 cm³/mol. The minimum atomic E-state index is -0.328. The molecule has 0 spiro atoms. The molecule has 1 aromatic rings. The Kier molecular flexibility index (Phi) is 4.13. The van der Waals surface area contributed by atoms with Crippen LogP contribution in [0.3, 0.4) is 0 Å². The lowest BCUT2D eigenvalue weighted by molar-refractivity contribution is -0.139. The first-order valence-electron chi connectivity index (χ1n) is 4.76. The molecule has 0 aliphatic carbocycles. The van der Waals surface area contributed by atoms with E-state index in [-0.39, 0.29) is 12.4 Å². The summed E-state index contributed by atoms with van der Waals surface area (Å²) in [6.45, 7) is 1.83. The molecule has 0 fully saturated rings. The van der Waals surface area contributed by atoms with Crippen molar-refractivity contribution in [2.75, 3.05) is 19.7 Å². The molecule has 5 nitrogen and oxygen atoms in total. The average Bonchev–Trinajstić information content (AvgIpc) is 2.30. The largest absolute Gasteiger partial charge is 0.496 e. The molecule has 0 aromatic heterocycles. The number of esters is 1. The van der Waals surface area contributed by atoms with Gasteiger partial charge in [0, 0.05) is 11.6 Å². The summed E-state index contributed by atoms with van der Waals surface area (Å²) < 4.78 is 9.76. The number of aryl methyl sites for hydroxylation is 1. The van der Waals surface area contributed by atoms with Gasteiger partial charge in [-0.2, -0.15) is 0 Å². The van der Waals surface area contributed by atoms with Crippen LogP contribution in [-0.4, -0.2) is 25.4 Å². The summed E-state index contributed by atoms with van der Waals surface area (Å²) in [4.78, 5) is 11.2. The molecular formula is C11H15NO4. The van der Waals surface area contributed by atoms with Gasteiger partial charge < -0.3 is 9.47 Å². The van der Waals surface area contributed by atoms with Crippen LogP contribution >= 0.6 is 0 Å². The van der Waals surface area contributed by atoms with Gasteiger partial charge in [0.2, 0.25) is 0 Å². The summed E-state index contributed by atoms with van der Waals surface area (Å²) in [7, 11) is 2.85. The van der Waals surface area contributed by atoms with Gasteiger partial charge in [-0.25, -0.2) is 0 Å². The van der Waals surface area contributed by atoms with Gasteiger partial charge >= 0.3 is 5.97 Å². The Bertz CT molecular complexity index is 390. The number of rotatable bonds is 4. The summed E-state index contributed by atoms with van der Waals surface area (Å²) in [6.07, 6.45) is 0.150. The lowest BCUT2D eigenvalue weighted by Gasteiger charge is -2.12. The number of methoxy groups -OCH3 is 2.